The minimum Gasteiger partial charge on any atom is -0.489 e. The molecule has 110 valence electrons. The monoisotopic (exact) mass is 308 g/mol. The van der Waals surface area contributed by atoms with Gasteiger partial charge in [0.1, 0.15) is 6.33 Å². The maximum absolute atomic E-state index is 11.9. The van der Waals surface area contributed by atoms with E-state index in [1.54, 1.807) is 12.1 Å². The van der Waals surface area contributed by atoms with Crippen LogP contribution in [0.3, 0.4) is 0 Å². The lowest BCUT2D eigenvalue weighted by atomic mass is 10.1. The molecule has 0 spiro atoms. The fourth-order valence-corrected chi connectivity index (χ4v) is 2.30. The smallest absolute Gasteiger partial charge is 0.231 e. The van der Waals surface area contributed by atoms with E-state index >= 15 is 0 Å². The number of aromatic nitrogens is 3. The number of anilines is 1. The second-order valence-electron chi connectivity index (χ2n) is 4.51. The van der Waals surface area contributed by atoms with Crippen molar-refractivity contribution in [3.05, 3.63) is 29.0 Å². The number of ether oxygens (including phenoxy) is 2. The predicted molar refractivity (Wildman–Crippen MR) is 75.8 cm³/mol. The maximum atomic E-state index is 11.9. The lowest BCUT2D eigenvalue weighted by Crippen LogP contribution is -2.15. The highest BCUT2D eigenvalue weighted by Crippen LogP contribution is 2.38. The van der Waals surface area contributed by atoms with Crippen LogP contribution in [-0.2, 0) is 11.2 Å². The maximum Gasteiger partial charge on any atom is 0.231 e. The van der Waals surface area contributed by atoms with Crippen LogP contribution in [0.4, 0.5) is 5.95 Å². The quantitative estimate of drug-likeness (QED) is 0.902. The van der Waals surface area contributed by atoms with Gasteiger partial charge in [0.2, 0.25) is 11.9 Å². The van der Waals surface area contributed by atoms with E-state index in [-0.39, 0.29) is 12.3 Å². The highest BCUT2D eigenvalue weighted by molar-refractivity contribution is 6.32. The predicted octanol–water partition coefficient (Wildman–Crippen LogP) is 1.80. The van der Waals surface area contributed by atoms with Crippen molar-refractivity contribution in [1.29, 1.82) is 0 Å². The minimum atomic E-state index is -0.225. The number of hydrogen-bond acceptors (Lipinski definition) is 5. The third-order valence-corrected chi connectivity index (χ3v) is 3.18. The van der Waals surface area contributed by atoms with E-state index in [1.807, 2.05) is 0 Å². The third-order valence-electron chi connectivity index (χ3n) is 2.90. The average Bonchev–Trinajstić information content (AvgIpc) is 2.82. The lowest BCUT2D eigenvalue weighted by molar-refractivity contribution is -0.115. The normalized spacial score (nSPS) is 13.6. The molecule has 1 amide bonds. The molecule has 7 nitrogen and oxygen atoms in total. The molecule has 2 heterocycles. The van der Waals surface area contributed by atoms with E-state index in [1.165, 1.54) is 6.33 Å². The Morgan fingerprint density at radius 1 is 1.38 bits per heavy atom. The summed E-state index contributed by atoms with van der Waals surface area (Å²) in [5, 5.41) is 9.26. The first-order valence-corrected chi connectivity index (χ1v) is 6.83. The van der Waals surface area contributed by atoms with Gasteiger partial charge in [-0.2, -0.15) is 10.1 Å². The summed E-state index contributed by atoms with van der Waals surface area (Å²) in [6.07, 6.45) is 2.27. The molecule has 21 heavy (non-hydrogen) atoms. The number of benzene rings is 1. The molecule has 0 aliphatic carbocycles. The Bertz CT molecular complexity index is 645. The van der Waals surface area contributed by atoms with Gasteiger partial charge in [0.15, 0.2) is 11.5 Å². The summed E-state index contributed by atoms with van der Waals surface area (Å²) in [6, 6.07) is 3.47. The van der Waals surface area contributed by atoms with Crippen LogP contribution in [-0.4, -0.2) is 34.3 Å². The molecule has 1 aromatic carbocycles. The molecule has 0 bridgehead atoms. The van der Waals surface area contributed by atoms with Crippen molar-refractivity contribution >= 4 is 23.5 Å². The van der Waals surface area contributed by atoms with Crippen LogP contribution in [0, 0.1) is 0 Å². The first-order chi connectivity index (χ1) is 10.2. The number of nitrogens with one attached hydrogen (secondary N) is 2. The number of halogens is 1. The molecule has 3 rings (SSSR count). The number of hydrogen-bond donors (Lipinski definition) is 2. The van der Waals surface area contributed by atoms with Crippen LogP contribution in [0.25, 0.3) is 0 Å². The second kappa shape index (κ2) is 6.01. The Balaban J connectivity index is 1.75. The van der Waals surface area contributed by atoms with E-state index in [2.05, 4.69) is 20.5 Å². The van der Waals surface area contributed by atoms with Gasteiger partial charge in [0.25, 0.3) is 0 Å². The molecule has 0 radical (unpaired) electrons. The van der Waals surface area contributed by atoms with E-state index in [4.69, 9.17) is 21.1 Å². The van der Waals surface area contributed by atoms with Crippen molar-refractivity contribution in [2.24, 2.45) is 0 Å². The Hall–Kier alpha value is -2.28. The summed E-state index contributed by atoms with van der Waals surface area (Å²) in [4.78, 5) is 15.7. The van der Waals surface area contributed by atoms with Gasteiger partial charge < -0.3 is 9.47 Å². The topological polar surface area (TPSA) is 89.1 Å². The molecule has 1 aromatic heterocycles. The van der Waals surface area contributed by atoms with E-state index < -0.39 is 0 Å². The molecule has 2 N–H and O–H groups in total. The van der Waals surface area contributed by atoms with E-state index in [0.29, 0.717) is 35.7 Å². The summed E-state index contributed by atoms with van der Waals surface area (Å²) in [6.45, 7) is 1.13. The number of H-pyrrole nitrogens is 1. The van der Waals surface area contributed by atoms with Crippen LogP contribution < -0.4 is 14.8 Å². The van der Waals surface area contributed by atoms with Crippen LogP contribution in [0.15, 0.2) is 18.5 Å². The first kappa shape index (κ1) is 13.7. The zero-order chi connectivity index (χ0) is 14.7. The van der Waals surface area contributed by atoms with Crippen LogP contribution in [0.2, 0.25) is 5.02 Å². The van der Waals surface area contributed by atoms with Gasteiger partial charge in [-0.3, -0.25) is 10.1 Å². The summed E-state index contributed by atoms with van der Waals surface area (Å²) in [7, 11) is 0. The number of amides is 1. The van der Waals surface area contributed by atoms with Crippen LogP contribution >= 0.6 is 11.6 Å². The zero-order valence-corrected chi connectivity index (χ0v) is 11.8. The molecule has 0 unspecified atom stereocenters. The highest BCUT2D eigenvalue weighted by Gasteiger charge is 2.17. The fraction of sp³-hybridized carbons (Fsp3) is 0.308. The molecular weight excluding hydrogens is 296 g/mol. The Kier molecular flexibility index (Phi) is 3.92. The van der Waals surface area contributed by atoms with Gasteiger partial charge in [0.05, 0.1) is 24.7 Å². The van der Waals surface area contributed by atoms with Crippen molar-refractivity contribution in [3.63, 3.8) is 0 Å². The Morgan fingerprint density at radius 3 is 3.05 bits per heavy atom. The third kappa shape index (κ3) is 3.25. The minimum absolute atomic E-state index is 0.150. The summed E-state index contributed by atoms with van der Waals surface area (Å²) in [5.41, 5.74) is 0.737. The first-order valence-electron chi connectivity index (χ1n) is 6.45. The number of fused-ring (bicyclic) bond motifs is 1. The van der Waals surface area contributed by atoms with Gasteiger partial charge in [-0.25, -0.2) is 5.10 Å². The van der Waals surface area contributed by atoms with Crippen LogP contribution in [0.1, 0.15) is 12.0 Å². The van der Waals surface area contributed by atoms with Gasteiger partial charge in [-0.1, -0.05) is 11.6 Å². The fourth-order valence-electron chi connectivity index (χ4n) is 2.01. The molecule has 2 aromatic rings. The van der Waals surface area contributed by atoms with Crippen molar-refractivity contribution < 1.29 is 14.3 Å². The van der Waals surface area contributed by atoms with E-state index in [0.717, 1.165) is 12.0 Å². The SMILES string of the molecule is O=C(Cc1cc(Cl)c2c(c1)OCCCO2)Nc1ncn[nH]1. The number of aromatic amines is 1. The lowest BCUT2D eigenvalue weighted by Gasteiger charge is -2.11. The number of carbonyl (C=O) groups is 1. The standard InChI is InChI=1S/C13H13ClN4O3/c14-9-4-8(5-10-12(9)21-3-1-2-20-10)6-11(19)17-13-15-7-16-18-13/h4-5,7H,1-3,6H2,(H2,15,16,17,18,19). The molecule has 0 fully saturated rings. The van der Waals surface area contributed by atoms with E-state index in [9.17, 15) is 4.79 Å². The van der Waals surface area contributed by atoms with Crippen molar-refractivity contribution in [2.45, 2.75) is 12.8 Å². The summed E-state index contributed by atoms with van der Waals surface area (Å²) in [5.74, 6) is 1.19. The molecule has 0 saturated carbocycles. The van der Waals surface area contributed by atoms with Gasteiger partial charge in [-0.15, -0.1) is 0 Å². The number of nitrogens with zero attached hydrogens (tertiary/aromatic N) is 2. The molecule has 8 heteroatoms. The number of rotatable bonds is 3. The van der Waals surface area contributed by atoms with Crippen molar-refractivity contribution in [3.8, 4) is 11.5 Å². The molecule has 1 aliphatic rings. The molecule has 1 aliphatic heterocycles. The van der Waals surface area contributed by atoms with Gasteiger partial charge in [0, 0.05) is 6.42 Å². The van der Waals surface area contributed by atoms with Crippen molar-refractivity contribution in [2.75, 3.05) is 18.5 Å². The van der Waals surface area contributed by atoms with Gasteiger partial charge >= 0.3 is 0 Å². The Labute approximate surface area is 125 Å². The highest BCUT2D eigenvalue weighted by atomic mass is 35.5. The van der Waals surface area contributed by atoms with Gasteiger partial charge in [-0.05, 0) is 17.7 Å². The summed E-state index contributed by atoms with van der Waals surface area (Å²) < 4.78 is 11.1. The summed E-state index contributed by atoms with van der Waals surface area (Å²) >= 11 is 6.18. The van der Waals surface area contributed by atoms with Crippen molar-refractivity contribution in [1.82, 2.24) is 15.2 Å². The zero-order valence-electron chi connectivity index (χ0n) is 11.1. The second-order valence-corrected chi connectivity index (χ2v) is 4.92. The Morgan fingerprint density at radius 2 is 2.24 bits per heavy atom. The van der Waals surface area contributed by atoms with Crippen LogP contribution in [0.5, 0.6) is 11.5 Å². The average molecular weight is 309 g/mol. The molecule has 0 saturated heterocycles. The number of carbonyl (C=O) groups excluding carboxylic acids is 1. The molecular formula is C13H13ClN4O3. The largest absolute Gasteiger partial charge is 0.489 e. The molecule has 0 atom stereocenters.